The van der Waals surface area contributed by atoms with Gasteiger partial charge in [0.05, 0.1) is 11.1 Å². The molecule has 11 heteroatoms. The van der Waals surface area contributed by atoms with Crippen LogP contribution in [0.25, 0.3) is 0 Å². The van der Waals surface area contributed by atoms with E-state index in [2.05, 4.69) is 5.32 Å². The van der Waals surface area contributed by atoms with Gasteiger partial charge in [0, 0.05) is 5.69 Å². The second kappa shape index (κ2) is 6.59. The van der Waals surface area contributed by atoms with Gasteiger partial charge in [-0.1, -0.05) is 12.1 Å². The molecule has 1 aliphatic heterocycles. The van der Waals surface area contributed by atoms with Gasteiger partial charge in [-0.25, -0.2) is 17.1 Å². The molecule has 6 nitrogen and oxygen atoms in total. The van der Waals surface area contributed by atoms with Gasteiger partial charge in [0.15, 0.2) is 0 Å². The zero-order valence-corrected chi connectivity index (χ0v) is 14.9. The van der Waals surface area contributed by atoms with Crippen molar-refractivity contribution >= 4 is 27.5 Å². The highest BCUT2D eigenvalue weighted by Crippen LogP contribution is 2.34. The zero-order chi connectivity index (χ0) is 20.9. The lowest BCUT2D eigenvalue weighted by Crippen LogP contribution is -2.45. The Morgan fingerprint density at radius 2 is 1.79 bits per heavy atom. The van der Waals surface area contributed by atoms with Gasteiger partial charge in [-0.3, -0.25) is 9.59 Å². The van der Waals surface area contributed by atoms with Crippen LogP contribution in [0.1, 0.15) is 22.8 Å². The Morgan fingerprint density at radius 3 is 2.39 bits per heavy atom. The SMILES string of the molecule is C[C@@H](C(=O)Nc1ccc(F)c(C(F)(F)F)c1)N1C(=O)c2ccccc2S1(=O)=O. The Bertz CT molecular complexity index is 1080. The molecular formula is C17H12F4N2O4S. The van der Waals surface area contributed by atoms with Gasteiger partial charge < -0.3 is 5.32 Å². The second-order valence-corrected chi connectivity index (χ2v) is 7.74. The van der Waals surface area contributed by atoms with Crippen LogP contribution in [0.2, 0.25) is 0 Å². The lowest BCUT2D eigenvalue weighted by Gasteiger charge is -2.22. The Labute approximate surface area is 156 Å². The normalized spacial score (nSPS) is 16.6. The summed E-state index contributed by atoms with van der Waals surface area (Å²) >= 11 is 0. The average molecular weight is 416 g/mol. The number of sulfonamides is 1. The van der Waals surface area contributed by atoms with Gasteiger partial charge in [-0.2, -0.15) is 13.2 Å². The van der Waals surface area contributed by atoms with Crippen LogP contribution in [0.5, 0.6) is 0 Å². The largest absolute Gasteiger partial charge is 0.419 e. The van der Waals surface area contributed by atoms with Crippen molar-refractivity contribution in [1.29, 1.82) is 0 Å². The monoisotopic (exact) mass is 416 g/mol. The minimum atomic E-state index is -4.98. The number of nitrogens with one attached hydrogen (secondary N) is 1. The van der Waals surface area contributed by atoms with Crippen molar-refractivity contribution in [1.82, 2.24) is 4.31 Å². The fourth-order valence-corrected chi connectivity index (χ4v) is 4.48. The number of hydrogen-bond donors (Lipinski definition) is 1. The smallest absolute Gasteiger partial charge is 0.324 e. The summed E-state index contributed by atoms with van der Waals surface area (Å²) in [5.74, 6) is -3.50. The first kappa shape index (κ1) is 19.8. The molecule has 0 saturated carbocycles. The minimum absolute atomic E-state index is 0.108. The summed E-state index contributed by atoms with van der Waals surface area (Å²) in [6.07, 6.45) is -4.98. The van der Waals surface area contributed by atoms with Crippen LogP contribution in [-0.4, -0.2) is 30.6 Å². The number of anilines is 1. The van der Waals surface area contributed by atoms with Crippen molar-refractivity contribution in [2.75, 3.05) is 5.32 Å². The Balaban J connectivity index is 1.88. The Morgan fingerprint density at radius 1 is 1.14 bits per heavy atom. The third kappa shape index (κ3) is 3.21. The highest BCUT2D eigenvalue weighted by atomic mass is 32.2. The van der Waals surface area contributed by atoms with Crippen LogP contribution in [0, 0.1) is 5.82 Å². The number of carbonyl (C=O) groups excluding carboxylic acids is 2. The van der Waals surface area contributed by atoms with E-state index in [9.17, 15) is 35.6 Å². The van der Waals surface area contributed by atoms with E-state index in [4.69, 9.17) is 0 Å². The van der Waals surface area contributed by atoms with E-state index >= 15 is 0 Å². The molecule has 0 spiro atoms. The molecule has 0 saturated heterocycles. The van der Waals surface area contributed by atoms with Crippen molar-refractivity contribution in [3.05, 3.63) is 59.4 Å². The zero-order valence-electron chi connectivity index (χ0n) is 14.1. The van der Waals surface area contributed by atoms with E-state index in [1.54, 1.807) is 0 Å². The molecule has 0 unspecified atom stereocenters. The highest BCUT2D eigenvalue weighted by Gasteiger charge is 2.45. The molecule has 0 fully saturated rings. The first-order valence-electron chi connectivity index (χ1n) is 7.80. The molecular weight excluding hydrogens is 404 g/mol. The molecule has 1 atom stereocenters. The maximum absolute atomic E-state index is 13.3. The van der Waals surface area contributed by atoms with Crippen LogP contribution in [0.3, 0.4) is 0 Å². The maximum Gasteiger partial charge on any atom is 0.419 e. The van der Waals surface area contributed by atoms with Gasteiger partial charge in [0.1, 0.15) is 16.8 Å². The topological polar surface area (TPSA) is 83.6 Å². The number of alkyl halides is 3. The van der Waals surface area contributed by atoms with Crippen molar-refractivity contribution in [3.63, 3.8) is 0 Å². The lowest BCUT2D eigenvalue weighted by molar-refractivity contribution is -0.140. The van der Waals surface area contributed by atoms with Crippen molar-refractivity contribution in [3.8, 4) is 0 Å². The molecule has 2 amide bonds. The van der Waals surface area contributed by atoms with E-state index in [-0.39, 0.29) is 10.5 Å². The molecule has 148 valence electrons. The predicted octanol–water partition coefficient (Wildman–Crippen LogP) is 3.02. The van der Waals surface area contributed by atoms with Crippen LogP contribution < -0.4 is 5.32 Å². The second-order valence-electron chi connectivity index (χ2n) is 5.96. The number of rotatable bonds is 3. The summed E-state index contributed by atoms with van der Waals surface area (Å²) in [6, 6.07) is 5.62. The van der Waals surface area contributed by atoms with Gasteiger partial charge in [-0.15, -0.1) is 0 Å². The van der Waals surface area contributed by atoms with Crippen LogP contribution in [0.15, 0.2) is 47.4 Å². The summed E-state index contributed by atoms with van der Waals surface area (Å²) < 4.78 is 77.2. The molecule has 0 aliphatic carbocycles. The van der Waals surface area contributed by atoms with E-state index in [0.29, 0.717) is 16.4 Å². The number of halogens is 4. The molecule has 28 heavy (non-hydrogen) atoms. The van der Waals surface area contributed by atoms with Crippen LogP contribution >= 0.6 is 0 Å². The summed E-state index contributed by atoms with van der Waals surface area (Å²) in [5, 5.41) is 2.08. The first-order chi connectivity index (χ1) is 12.9. The van der Waals surface area contributed by atoms with E-state index in [1.807, 2.05) is 0 Å². The van der Waals surface area contributed by atoms with Gasteiger partial charge in [0.25, 0.3) is 15.9 Å². The van der Waals surface area contributed by atoms with Gasteiger partial charge in [0.2, 0.25) is 5.91 Å². The van der Waals surface area contributed by atoms with E-state index in [0.717, 1.165) is 13.0 Å². The quantitative estimate of drug-likeness (QED) is 0.780. The summed E-state index contributed by atoms with van der Waals surface area (Å²) in [4.78, 5) is 24.5. The number of nitrogens with zero attached hydrogens (tertiary/aromatic N) is 1. The predicted molar refractivity (Wildman–Crippen MR) is 89.3 cm³/mol. The molecule has 0 bridgehead atoms. The minimum Gasteiger partial charge on any atom is -0.324 e. The molecule has 2 aromatic rings. The fraction of sp³-hybridized carbons (Fsp3) is 0.176. The summed E-state index contributed by atoms with van der Waals surface area (Å²) in [6.45, 7) is 1.12. The number of fused-ring (bicyclic) bond motifs is 1. The third-order valence-corrected chi connectivity index (χ3v) is 6.04. The average Bonchev–Trinajstić information content (AvgIpc) is 2.81. The van der Waals surface area contributed by atoms with Gasteiger partial charge >= 0.3 is 6.18 Å². The summed E-state index contributed by atoms with van der Waals surface area (Å²) in [7, 11) is -4.29. The standard InChI is InChI=1S/C17H12F4N2O4S/c1-9(23-16(25)11-4-2-3-5-14(11)28(23,26)27)15(24)22-10-6-7-13(18)12(8-10)17(19,20)21/h2-9H,1H3,(H,22,24)/t9-/m0/s1. The van der Waals surface area contributed by atoms with Crippen LogP contribution in [-0.2, 0) is 21.0 Å². The number of carbonyl (C=O) groups is 2. The maximum atomic E-state index is 13.3. The van der Waals surface area contributed by atoms with E-state index < -0.39 is 51.1 Å². The molecule has 0 aromatic heterocycles. The fourth-order valence-electron chi connectivity index (χ4n) is 2.76. The number of hydrogen-bond acceptors (Lipinski definition) is 4. The molecule has 1 aliphatic rings. The summed E-state index contributed by atoms with van der Waals surface area (Å²) in [5.41, 5.74) is -2.09. The molecule has 1 N–H and O–H groups in total. The van der Waals surface area contributed by atoms with Crippen molar-refractivity contribution in [2.45, 2.75) is 24.0 Å². The molecule has 0 radical (unpaired) electrons. The number of amides is 2. The van der Waals surface area contributed by atoms with Gasteiger partial charge in [-0.05, 0) is 37.3 Å². The molecule has 2 aromatic carbocycles. The Kier molecular flexibility index (Phi) is 4.66. The van der Waals surface area contributed by atoms with Crippen LogP contribution in [0.4, 0.5) is 23.2 Å². The lowest BCUT2D eigenvalue weighted by atomic mass is 10.1. The Hall–Kier alpha value is -2.95. The first-order valence-corrected chi connectivity index (χ1v) is 9.24. The highest BCUT2D eigenvalue weighted by molar-refractivity contribution is 7.90. The third-order valence-electron chi connectivity index (χ3n) is 4.12. The van der Waals surface area contributed by atoms with Crippen molar-refractivity contribution in [2.24, 2.45) is 0 Å². The molecule has 1 heterocycles. The molecule has 3 rings (SSSR count). The van der Waals surface area contributed by atoms with Crippen molar-refractivity contribution < 1.29 is 35.6 Å². The number of benzene rings is 2. The van der Waals surface area contributed by atoms with E-state index in [1.165, 1.54) is 24.3 Å².